The van der Waals surface area contributed by atoms with Crippen molar-refractivity contribution in [2.24, 2.45) is 0 Å². The summed E-state index contributed by atoms with van der Waals surface area (Å²) >= 11 is 0. The summed E-state index contributed by atoms with van der Waals surface area (Å²) < 4.78 is 5.14. The molecule has 7 heteroatoms. The zero-order chi connectivity index (χ0) is 22.1. The molecule has 0 amide bonds. The number of hydrogen-bond donors (Lipinski definition) is 1. The summed E-state index contributed by atoms with van der Waals surface area (Å²) in [4.78, 5) is 22.6. The summed E-state index contributed by atoms with van der Waals surface area (Å²) in [6.45, 7) is 5.25. The zero-order valence-electron chi connectivity index (χ0n) is 18.1. The summed E-state index contributed by atoms with van der Waals surface area (Å²) in [6.07, 6.45) is 3.51. The Morgan fingerprint density at radius 3 is 2.12 bits per heavy atom. The van der Waals surface area contributed by atoms with E-state index in [1.807, 2.05) is 54.7 Å². The van der Waals surface area contributed by atoms with E-state index in [9.17, 15) is 4.79 Å². The fourth-order valence-electron chi connectivity index (χ4n) is 3.41. The normalized spacial score (nSPS) is 10.6. The van der Waals surface area contributed by atoms with Crippen LogP contribution in [-0.2, 0) is 9.53 Å². The van der Waals surface area contributed by atoms with Gasteiger partial charge in [0.25, 0.3) is 0 Å². The van der Waals surface area contributed by atoms with Crippen LogP contribution in [0.4, 0.5) is 5.82 Å². The molecule has 0 aliphatic heterocycles. The van der Waals surface area contributed by atoms with Gasteiger partial charge in [-0.05, 0) is 26.7 Å². The quantitative estimate of drug-likeness (QED) is 0.344. The van der Waals surface area contributed by atoms with Gasteiger partial charge in [0.15, 0.2) is 0 Å². The summed E-state index contributed by atoms with van der Waals surface area (Å²) in [5, 5.41) is 8.66. The molecule has 0 fully saturated rings. The number of benzene rings is 2. The van der Waals surface area contributed by atoms with Crippen LogP contribution in [0, 0.1) is 0 Å². The average Bonchev–Trinajstić information content (AvgIpc) is 2.79. The van der Waals surface area contributed by atoms with E-state index in [1.54, 1.807) is 0 Å². The van der Waals surface area contributed by atoms with Gasteiger partial charge in [0, 0.05) is 30.3 Å². The number of ether oxygens (including phenoxy) is 1. The minimum atomic E-state index is -0.939. The Morgan fingerprint density at radius 2 is 1.56 bits per heavy atom. The fraction of sp³-hybridized carbons (Fsp3) is 0.320. The van der Waals surface area contributed by atoms with Gasteiger partial charge in [0.2, 0.25) is 0 Å². The van der Waals surface area contributed by atoms with E-state index < -0.39 is 5.97 Å². The first-order valence-electron chi connectivity index (χ1n) is 10.6. The molecule has 1 N–H and O–H groups in total. The Morgan fingerprint density at radius 1 is 0.969 bits per heavy atom. The molecule has 32 heavy (non-hydrogen) atoms. The molecule has 0 saturated carbocycles. The second kappa shape index (κ2) is 13.5. The van der Waals surface area contributed by atoms with Crippen molar-refractivity contribution in [3.05, 3.63) is 66.9 Å². The van der Waals surface area contributed by atoms with E-state index in [4.69, 9.17) is 19.8 Å². The van der Waals surface area contributed by atoms with Crippen LogP contribution in [0.25, 0.3) is 22.5 Å². The Labute approximate surface area is 219 Å². The molecule has 0 spiro atoms. The Kier molecular flexibility index (Phi) is 11.1. The zero-order valence-corrected chi connectivity index (χ0v) is 18.1. The van der Waals surface area contributed by atoms with Gasteiger partial charge in [-0.15, -0.1) is 0 Å². The first kappa shape index (κ1) is 26.3. The maximum absolute atomic E-state index is 10.5. The number of carboxylic acids is 1. The van der Waals surface area contributed by atoms with Gasteiger partial charge in [0.05, 0.1) is 17.6 Å². The number of nitrogens with zero attached hydrogens (tertiary/aromatic N) is 3. The predicted molar refractivity (Wildman–Crippen MR) is 132 cm³/mol. The number of hydrogen-bond acceptors (Lipinski definition) is 5. The van der Waals surface area contributed by atoms with Crippen molar-refractivity contribution in [1.82, 2.24) is 9.97 Å². The summed E-state index contributed by atoms with van der Waals surface area (Å²) in [5.74, 6) is -0.106. The van der Waals surface area contributed by atoms with Crippen LogP contribution in [0.3, 0.4) is 0 Å². The van der Waals surface area contributed by atoms with Gasteiger partial charge in [-0.25, -0.2) is 9.78 Å². The molecule has 1 aromatic heterocycles. The summed E-state index contributed by atoms with van der Waals surface area (Å²) in [7, 11) is 0. The number of carboxylic acid groups (broad SMARTS) is 1. The van der Waals surface area contributed by atoms with Gasteiger partial charge in [-0.3, -0.25) is 4.98 Å². The molecule has 166 valence electrons. The number of anilines is 1. The van der Waals surface area contributed by atoms with E-state index in [-0.39, 0.29) is 50.4 Å². The molecule has 3 aromatic rings. The molecule has 0 unspecified atom stereocenters. The third-order valence-corrected chi connectivity index (χ3v) is 4.94. The van der Waals surface area contributed by atoms with Crippen molar-refractivity contribution in [2.45, 2.75) is 32.7 Å². The van der Waals surface area contributed by atoms with Gasteiger partial charge >= 0.3 is 43.7 Å². The van der Waals surface area contributed by atoms with E-state index in [0.29, 0.717) is 6.61 Å². The van der Waals surface area contributed by atoms with Gasteiger partial charge in [-0.2, -0.15) is 0 Å². The van der Waals surface area contributed by atoms with Crippen LogP contribution in [0.1, 0.15) is 26.7 Å². The second-order valence-electron chi connectivity index (χ2n) is 7.60. The molecular formula is C25H31CaN3O3. The van der Waals surface area contributed by atoms with Crippen molar-refractivity contribution in [3.8, 4) is 22.5 Å². The molecule has 0 atom stereocenters. The average molecular weight is 462 g/mol. The summed E-state index contributed by atoms with van der Waals surface area (Å²) in [6, 6.07) is 20.5. The number of aromatic nitrogens is 2. The molecule has 0 radical (unpaired) electrons. The summed E-state index contributed by atoms with van der Waals surface area (Å²) in [5.41, 5.74) is 3.79. The molecule has 1 heterocycles. The monoisotopic (exact) mass is 461 g/mol. The van der Waals surface area contributed by atoms with Crippen molar-refractivity contribution < 1.29 is 14.6 Å². The van der Waals surface area contributed by atoms with Crippen LogP contribution in [0.15, 0.2) is 66.9 Å². The molecule has 0 aliphatic carbocycles. The van der Waals surface area contributed by atoms with E-state index in [2.05, 4.69) is 30.9 Å². The fourth-order valence-corrected chi connectivity index (χ4v) is 3.41. The molecule has 3 rings (SSSR count). The van der Waals surface area contributed by atoms with Crippen molar-refractivity contribution in [3.63, 3.8) is 0 Å². The predicted octanol–water partition coefficient (Wildman–Crippen LogP) is 3.99. The topological polar surface area (TPSA) is 75.5 Å². The van der Waals surface area contributed by atoms with Crippen molar-refractivity contribution >= 4 is 49.5 Å². The molecule has 0 aliphatic rings. The standard InChI is InChI=1S/C25H29N3O3.Ca.2H/c1-19(2)28(15-9-10-16-31-18-23(29)30)22-17-26-24(20-11-5-3-6-12-20)25(27-22)21-13-7-4-8-14-21;;;/h3-8,11-14,17,19H,9-10,15-16,18H2,1-2H3,(H,29,30);;;. The maximum atomic E-state index is 10.5. The first-order chi connectivity index (χ1) is 15.1. The van der Waals surface area contributed by atoms with Crippen molar-refractivity contribution in [2.75, 3.05) is 24.7 Å². The number of carbonyl (C=O) groups is 1. The molecule has 0 bridgehead atoms. The van der Waals surface area contributed by atoms with E-state index >= 15 is 0 Å². The SMILES string of the molecule is CC(C)N(CCCCOCC(=O)O)c1cnc(-c2ccccc2)c(-c2ccccc2)n1.[CaH2]. The van der Waals surface area contributed by atoms with Crippen LogP contribution in [-0.4, -0.2) is 84.6 Å². The Hall–Kier alpha value is -1.99. The third-order valence-electron chi connectivity index (χ3n) is 4.94. The number of aliphatic carboxylic acids is 1. The first-order valence-corrected chi connectivity index (χ1v) is 10.6. The van der Waals surface area contributed by atoms with Gasteiger partial charge < -0.3 is 14.7 Å². The minimum absolute atomic E-state index is 0. The molecule has 2 aromatic carbocycles. The van der Waals surface area contributed by atoms with E-state index in [0.717, 1.165) is 47.7 Å². The van der Waals surface area contributed by atoms with Gasteiger partial charge in [0.1, 0.15) is 12.4 Å². The second-order valence-corrected chi connectivity index (χ2v) is 7.60. The van der Waals surface area contributed by atoms with Gasteiger partial charge in [-0.1, -0.05) is 60.7 Å². The number of rotatable bonds is 11. The van der Waals surface area contributed by atoms with Crippen LogP contribution < -0.4 is 4.90 Å². The van der Waals surface area contributed by atoms with Crippen LogP contribution in [0.5, 0.6) is 0 Å². The molecule has 0 saturated heterocycles. The Bertz CT molecular complexity index is 969. The Balaban J connectivity index is 0.00000363. The van der Waals surface area contributed by atoms with E-state index in [1.165, 1.54) is 0 Å². The molecule has 6 nitrogen and oxygen atoms in total. The van der Waals surface area contributed by atoms with Crippen molar-refractivity contribution in [1.29, 1.82) is 0 Å². The third kappa shape index (κ3) is 7.55. The van der Waals surface area contributed by atoms with Crippen LogP contribution >= 0.6 is 0 Å². The number of unbranched alkanes of at least 4 members (excludes halogenated alkanes) is 1. The van der Waals surface area contributed by atoms with Crippen LogP contribution in [0.2, 0.25) is 0 Å². The molecular weight excluding hydrogens is 430 g/mol.